The Hall–Kier alpha value is -0.530. The van der Waals surface area contributed by atoms with Gasteiger partial charge in [0.05, 0.1) is 12.5 Å². The van der Waals surface area contributed by atoms with E-state index in [0.717, 1.165) is 18.4 Å². The molecule has 0 aromatic carbocycles. The molecule has 2 aliphatic carbocycles. The highest BCUT2D eigenvalue weighted by Gasteiger charge is 2.59. The van der Waals surface area contributed by atoms with Crippen LogP contribution in [-0.4, -0.2) is 12.6 Å². The van der Waals surface area contributed by atoms with Crippen LogP contribution in [0.4, 0.5) is 0 Å². The van der Waals surface area contributed by atoms with Gasteiger partial charge in [-0.3, -0.25) is 4.79 Å². The molecule has 3 aliphatic rings. The number of rotatable bonds is 0. The SMILES string of the molecule is O=C1OC[C@@H]2[C@H]3CCC[C@H]3[C@H]12. The molecule has 0 aromatic rings. The third kappa shape index (κ3) is 0.569. The number of carbonyl (C=O) groups excluding carboxylic acids is 1. The smallest absolute Gasteiger partial charge is 0.309 e. The predicted molar refractivity (Wildman–Crippen MR) is 38.8 cm³/mol. The Labute approximate surface area is 65.9 Å². The second kappa shape index (κ2) is 1.79. The summed E-state index contributed by atoms with van der Waals surface area (Å²) in [6.45, 7) is 0.727. The van der Waals surface area contributed by atoms with E-state index in [0.29, 0.717) is 11.8 Å². The zero-order valence-electron chi connectivity index (χ0n) is 6.45. The average Bonchev–Trinajstić information content (AvgIpc) is 2.43. The van der Waals surface area contributed by atoms with Gasteiger partial charge in [0.15, 0.2) is 0 Å². The molecule has 0 radical (unpaired) electrons. The zero-order chi connectivity index (χ0) is 7.42. The Bertz CT molecular complexity index is 206. The zero-order valence-corrected chi connectivity index (χ0v) is 6.45. The van der Waals surface area contributed by atoms with Crippen LogP contribution in [0.5, 0.6) is 0 Å². The Balaban J connectivity index is 1.89. The van der Waals surface area contributed by atoms with E-state index >= 15 is 0 Å². The number of fused-ring (bicyclic) bond motifs is 4. The Morgan fingerprint density at radius 3 is 2.91 bits per heavy atom. The molecule has 0 bridgehead atoms. The summed E-state index contributed by atoms with van der Waals surface area (Å²) in [5, 5.41) is 0. The Kier molecular flexibility index (Phi) is 0.984. The standard InChI is InChI=1S/C9H12O2/c10-9-8-6-3-1-2-5(6)7(8)4-11-9/h5-8H,1-4H2/t5-,6+,7+,8-/m0/s1. The van der Waals surface area contributed by atoms with Gasteiger partial charge in [-0.25, -0.2) is 0 Å². The number of hydrogen-bond donors (Lipinski definition) is 0. The van der Waals surface area contributed by atoms with Crippen molar-refractivity contribution in [2.45, 2.75) is 19.3 Å². The van der Waals surface area contributed by atoms with E-state index in [-0.39, 0.29) is 5.97 Å². The number of esters is 1. The van der Waals surface area contributed by atoms with Crippen molar-refractivity contribution in [1.29, 1.82) is 0 Å². The third-order valence-corrected chi connectivity index (χ3v) is 3.79. The highest BCUT2D eigenvalue weighted by Crippen LogP contribution is 2.58. The molecule has 60 valence electrons. The summed E-state index contributed by atoms with van der Waals surface area (Å²) in [4.78, 5) is 11.2. The lowest BCUT2D eigenvalue weighted by molar-refractivity contribution is -0.145. The van der Waals surface area contributed by atoms with E-state index < -0.39 is 0 Å². The number of cyclic esters (lactones) is 1. The van der Waals surface area contributed by atoms with Crippen LogP contribution >= 0.6 is 0 Å². The summed E-state index contributed by atoms with van der Waals surface area (Å²) in [5.41, 5.74) is 0. The first-order valence-electron chi connectivity index (χ1n) is 4.54. The third-order valence-electron chi connectivity index (χ3n) is 3.79. The van der Waals surface area contributed by atoms with Crippen molar-refractivity contribution in [2.24, 2.45) is 23.7 Å². The molecule has 4 atom stereocenters. The van der Waals surface area contributed by atoms with E-state index in [1.807, 2.05) is 0 Å². The maximum atomic E-state index is 11.2. The van der Waals surface area contributed by atoms with Crippen molar-refractivity contribution in [2.75, 3.05) is 6.61 Å². The fourth-order valence-corrected chi connectivity index (χ4v) is 3.28. The minimum atomic E-state index is 0.0955. The van der Waals surface area contributed by atoms with E-state index in [9.17, 15) is 4.79 Å². The molecule has 1 saturated heterocycles. The van der Waals surface area contributed by atoms with Crippen LogP contribution in [0.15, 0.2) is 0 Å². The first-order valence-corrected chi connectivity index (χ1v) is 4.54. The van der Waals surface area contributed by atoms with Gasteiger partial charge in [0, 0.05) is 5.92 Å². The van der Waals surface area contributed by atoms with Crippen LogP contribution in [-0.2, 0) is 9.53 Å². The number of carbonyl (C=O) groups is 1. The summed E-state index contributed by atoms with van der Waals surface area (Å²) in [6.07, 6.45) is 3.97. The van der Waals surface area contributed by atoms with Gasteiger partial charge in [-0.15, -0.1) is 0 Å². The lowest BCUT2D eigenvalue weighted by atomic mass is 9.60. The first kappa shape index (κ1) is 6.04. The lowest BCUT2D eigenvalue weighted by Crippen LogP contribution is -2.44. The molecule has 0 amide bonds. The quantitative estimate of drug-likeness (QED) is 0.487. The van der Waals surface area contributed by atoms with Crippen molar-refractivity contribution < 1.29 is 9.53 Å². The molecular formula is C9H12O2. The predicted octanol–water partition coefficient (Wildman–Crippen LogP) is 1.21. The Morgan fingerprint density at radius 2 is 2.00 bits per heavy atom. The van der Waals surface area contributed by atoms with Gasteiger partial charge in [0.25, 0.3) is 0 Å². The summed E-state index contributed by atoms with van der Waals surface area (Å²) in [7, 11) is 0. The van der Waals surface area contributed by atoms with Gasteiger partial charge in [0.1, 0.15) is 0 Å². The molecule has 0 spiro atoms. The normalized spacial score (nSPS) is 52.9. The summed E-state index contributed by atoms with van der Waals surface area (Å²) in [6, 6.07) is 0. The van der Waals surface area contributed by atoms with Gasteiger partial charge < -0.3 is 4.74 Å². The molecule has 1 aliphatic heterocycles. The van der Waals surface area contributed by atoms with Crippen molar-refractivity contribution in [1.82, 2.24) is 0 Å². The molecule has 11 heavy (non-hydrogen) atoms. The van der Waals surface area contributed by atoms with Crippen molar-refractivity contribution in [3.05, 3.63) is 0 Å². The molecule has 2 nitrogen and oxygen atoms in total. The molecule has 3 rings (SSSR count). The van der Waals surface area contributed by atoms with Crippen LogP contribution in [0.3, 0.4) is 0 Å². The average molecular weight is 152 g/mol. The van der Waals surface area contributed by atoms with Gasteiger partial charge in [-0.05, 0) is 24.7 Å². The fraction of sp³-hybridized carbons (Fsp3) is 0.889. The fourth-order valence-electron chi connectivity index (χ4n) is 3.28. The van der Waals surface area contributed by atoms with Crippen LogP contribution in [0.1, 0.15) is 19.3 Å². The minimum Gasteiger partial charge on any atom is -0.465 e. The van der Waals surface area contributed by atoms with Crippen molar-refractivity contribution in [3.8, 4) is 0 Å². The highest BCUT2D eigenvalue weighted by atomic mass is 16.5. The molecule has 0 N–H and O–H groups in total. The van der Waals surface area contributed by atoms with Crippen LogP contribution < -0.4 is 0 Å². The molecule has 3 fully saturated rings. The van der Waals surface area contributed by atoms with Gasteiger partial charge in [-0.2, -0.15) is 0 Å². The molecular weight excluding hydrogens is 140 g/mol. The second-order valence-electron chi connectivity index (χ2n) is 4.08. The van der Waals surface area contributed by atoms with Gasteiger partial charge in [0.2, 0.25) is 0 Å². The topological polar surface area (TPSA) is 26.3 Å². The first-order chi connectivity index (χ1) is 5.38. The van der Waals surface area contributed by atoms with E-state index in [1.54, 1.807) is 0 Å². The number of ether oxygens (including phenoxy) is 1. The lowest BCUT2D eigenvalue weighted by Gasteiger charge is -2.41. The van der Waals surface area contributed by atoms with Crippen molar-refractivity contribution in [3.63, 3.8) is 0 Å². The van der Waals surface area contributed by atoms with E-state index in [4.69, 9.17) is 4.74 Å². The maximum absolute atomic E-state index is 11.2. The maximum Gasteiger partial charge on any atom is 0.309 e. The van der Waals surface area contributed by atoms with Crippen LogP contribution in [0, 0.1) is 23.7 Å². The molecule has 2 heteroatoms. The Morgan fingerprint density at radius 1 is 1.18 bits per heavy atom. The molecule has 1 heterocycles. The summed E-state index contributed by atoms with van der Waals surface area (Å²) < 4.78 is 5.04. The molecule has 0 unspecified atom stereocenters. The number of hydrogen-bond acceptors (Lipinski definition) is 2. The van der Waals surface area contributed by atoms with Gasteiger partial charge >= 0.3 is 5.97 Å². The van der Waals surface area contributed by atoms with Crippen LogP contribution in [0.25, 0.3) is 0 Å². The molecule has 2 saturated carbocycles. The summed E-state index contributed by atoms with van der Waals surface area (Å²) in [5.74, 6) is 2.61. The highest BCUT2D eigenvalue weighted by molar-refractivity contribution is 5.76. The van der Waals surface area contributed by atoms with Gasteiger partial charge in [-0.1, -0.05) is 6.42 Å². The van der Waals surface area contributed by atoms with E-state index in [1.165, 1.54) is 19.3 Å². The largest absolute Gasteiger partial charge is 0.465 e. The van der Waals surface area contributed by atoms with E-state index in [2.05, 4.69) is 0 Å². The summed E-state index contributed by atoms with van der Waals surface area (Å²) >= 11 is 0. The minimum absolute atomic E-state index is 0.0955. The van der Waals surface area contributed by atoms with Crippen molar-refractivity contribution >= 4 is 5.97 Å². The monoisotopic (exact) mass is 152 g/mol. The molecule has 0 aromatic heterocycles. The van der Waals surface area contributed by atoms with Crippen LogP contribution in [0.2, 0.25) is 0 Å². The second-order valence-corrected chi connectivity index (χ2v) is 4.08.